The third kappa shape index (κ3) is 2.74. The van der Waals surface area contributed by atoms with Gasteiger partial charge in [0, 0.05) is 25.1 Å². The van der Waals surface area contributed by atoms with E-state index in [-0.39, 0.29) is 39.0 Å². The second-order valence-electron chi connectivity index (χ2n) is 4.41. The predicted octanol–water partition coefficient (Wildman–Crippen LogP) is 2.18. The number of carbonyl (C=O) groups is 2. The molecule has 0 radical (unpaired) electrons. The zero-order valence-corrected chi connectivity index (χ0v) is 12.3. The van der Waals surface area contributed by atoms with Gasteiger partial charge in [0.1, 0.15) is 6.07 Å². The van der Waals surface area contributed by atoms with Gasteiger partial charge >= 0.3 is 0 Å². The maximum absolute atomic E-state index is 12.0. The molecule has 0 aliphatic carbocycles. The van der Waals surface area contributed by atoms with Crippen molar-refractivity contribution >= 4 is 45.8 Å². The SMILES string of the molecule is CC(=O)SC1CC(=O)N(c2ccc(Cl)c(C#N)c2N)C1. The fourth-order valence-corrected chi connectivity index (χ4v) is 3.28. The Morgan fingerprint density at radius 3 is 2.90 bits per heavy atom. The van der Waals surface area contributed by atoms with E-state index in [1.807, 2.05) is 6.07 Å². The number of hydrogen-bond acceptors (Lipinski definition) is 5. The number of rotatable bonds is 2. The second kappa shape index (κ2) is 5.73. The van der Waals surface area contributed by atoms with E-state index in [4.69, 9.17) is 22.6 Å². The molecule has 1 aliphatic heterocycles. The minimum absolute atomic E-state index is 0.0218. The Balaban J connectivity index is 2.32. The molecule has 1 atom stereocenters. The van der Waals surface area contributed by atoms with E-state index in [9.17, 15) is 9.59 Å². The maximum atomic E-state index is 12.0. The van der Waals surface area contributed by atoms with Crippen LogP contribution in [-0.2, 0) is 9.59 Å². The van der Waals surface area contributed by atoms with Gasteiger partial charge in [0.05, 0.1) is 22.0 Å². The quantitative estimate of drug-likeness (QED) is 0.846. The maximum Gasteiger partial charge on any atom is 0.228 e. The van der Waals surface area contributed by atoms with Crippen molar-refractivity contribution in [1.82, 2.24) is 0 Å². The minimum Gasteiger partial charge on any atom is -0.396 e. The van der Waals surface area contributed by atoms with Crippen molar-refractivity contribution in [3.05, 3.63) is 22.7 Å². The van der Waals surface area contributed by atoms with Gasteiger partial charge in [0.25, 0.3) is 0 Å². The van der Waals surface area contributed by atoms with E-state index >= 15 is 0 Å². The molecule has 2 N–H and O–H groups in total. The van der Waals surface area contributed by atoms with Crippen LogP contribution in [0.1, 0.15) is 18.9 Å². The van der Waals surface area contributed by atoms with Crippen LogP contribution < -0.4 is 10.6 Å². The third-order valence-corrected chi connectivity index (χ3v) is 4.29. The molecule has 1 heterocycles. The number of thioether (sulfide) groups is 1. The summed E-state index contributed by atoms with van der Waals surface area (Å²) in [5.41, 5.74) is 6.75. The molecule has 0 saturated carbocycles. The molecule has 0 aromatic heterocycles. The molecule has 0 spiro atoms. The lowest BCUT2D eigenvalue weighted by molar-refractivity contribution is -0.117. The topological polar surface area (TPSA) is 87.2 Å². The number of nitrogens with two attached hydrogens (primary N) is 1. The fourth-order valence-electron chi connectivity index (χ4n) is 2.15. The monoisotopic (exact) mass is 309 g/mol. The van der Waals surface area contributed by atoms with Crippen LogP contribution in [0.5, 0.6) is 0 Å². The summed E-state index contributed by atoms with van der Waals surface area (Å²) in [6.45, 7) is 1.88. The Morgan fingerprint density at radius 1 is 1.60 bits per heavy atom. The average Bonchev–Trinajstić information content (AvgIpc) is 2.70. The summed E-state index contributed by atoms with van der Waals surface area (Å²) in [5.74, 6) is -0.110. The molecular weight excluding hydrogens is 298 g/mol. The molecular formula is C13H12ClN3O2S. The molecule has 1 saturated heterocycles. The fraction of sp³-hybridized carbons (Fsp3) is 0.308. The van der Waals surface area contributed by atoms with Crippen molar-refractivity contribution in [2.45, 2.75) is 18.6 Å². The normalized spacial score (nSPS) is 18.1. The Bertz CT molecular complexity index is 627. The number of benzene rings is 1. The van der Waals surface area contributed by atoms with Gasteiger partial charge in [-0.1, -0.05) is 23.4 Å². The summed E-state index contributed by atoms with van der Waals surface area (Å²) >= 11 is 7.04. The molecule has 0 bridgehead atoms. The van der Waals surface area contributed by atoms with Gasteiger partial charge in [-0.2, -0.15) is 5.26 Å². The molecule has 104 valence electrons. The van der Waals surface area contributed by atoms with Gasteiger partial charge in [-0.05, 0) is 12.1 Å². The number of anilines is 2. The molecule has 1 aromatic rings. The van der Waals surface area contributed by atoms with Gasteiger partial charge in [0.2, 0.25) is 5.91 Å². The van der Waals surface area contributed by atoms with Gasteiger partial charge in [-0.15, -0.1) is 0 Å². The first-order valence-corrected chi connectivity index (χ1v) is 7.15. The molecule has 1 fully saturated rings. The number of nitrogen functional groups attached to an aromatic ring is 1. The van der Waals surface area contributed by atoms with Crippen molar-refractivity contribution in [3.63, 3.8) is 0 Å². The summed E-state index contributed by atoms with van der Waals surface area (Å²) in [4.78, 5) is 24.6. The van der Waals surface area contributed by atoms with Crippen LogP contribution in [0.3, 0.4) is 0 Å². The molecule has 1 unspecified atom stereocenters. The third-order valence-electron chi connectivity index (χ3n) is 3.00. The first kappa shape index (κ1) is 14.7. The number of halogens is 1. The lowest BCUT2D eigenvalue weighted by atomic mass is 10.1. The van der Waals surface area contributed by atoms with Crippen LogP contribution in [0.2, 0.25) is 5.02 Å². The zero-order valence-electron chi connectivity index (χ0n) is 10.7. The van der Waals surface area contributed by atoms with E-state index in [1.165, 1.54) is 11.8 Å². The summed E-state index contributed by atoms with van der Waals surface area (Å²) < 4.78 is 0. The second-order valence-corrected chi connectivity index (χ2v) is 6.29. The highest BCUT2D eigenvalue weighted by Gasteiger charge is 2.33. The van der Waals surface area contributed by atoms with Crippen molar-refractivity contribution in [1.29, 1.82) is 5.26 Å². The largest absolute Gasteiger partial charge is 0.396 e. The standard InChI is InChI=1S/C13H12ClN3O2S/c1-7(18)20-8-4-12(19)17(6-8)11-3-2-10(14)9(5-15)13(11)16/h2-3,8H,4,6,16H2,1H3. The predicted molar refractivity (Wildman–Crippen MR) is 79.6 cm³/mol. The molecule has 1 aromatic carbocycles. The van der Waals surface area contributed by atoms with E-state index in [2.05, 4.69) is 0 Å². The highest BCUT2D eigenvalue weighted by Crippen LogP contribution is 2.35. The Morgan fingerprint density at radius 2 is 2.30 bits per heavy atom. The number of carbonyl (C=O) groups excluding carboxylic acids is 2. The smallest absolute Gasteiger partial charge is 0.228 e. The van der Waals surface area contributed by atoms with E-state index in [0.29, 0.717) is 12.2 Å². The summed E-state index contributed by atoms with van der Waals surface area (Å²) in [6.07, 6.45) is 0.286. The highest BCUT2D eigenvalue weighted by molar-refractivity contribution is 8.14. The van der Waals surface area contributed by atoms with Gasteiger partial charge < -0.3 is 10.6 Å². The molecule has 20 heavy (non-hydrogen) atoms. The van der Waals surface area contributed by atoms with Crippen molar-refractivity contribution < 1.29 is 9.59 Å². The lowest BCUT2D eigenvalue weighted by Crippen LogP contribution is -2.26. The molecule has 1 aliphatic rings. The Labute approximate surface area is 125 Å². The summed E-state index contributed by atoms with van der Waals surface area (Å²) in [7, 11) is 0. The van der Waals surface area contributed by atoms with Gasteiger partial charge in [0.15, 0.2) is 5.12 Å². The van der Waals surface area contributed by atoms with Crippen LogP contribution in [0.15, 0.2) is 12.1 Å². The molecule has 1 amide bonds. The average molecular weight is 310 g/mol. The highest BCUT2D eigenvalue weighted by atomic mass is 35.5. The van der Waals surface area contributed by atoms with Crippen LogP contribution in [0.25, 0.3) is 0 Å². The summed E-state index contributed by atoms with van der Waals surface area (Å²) in [5, 5.41) is 9.19. The number of nitrogens with zero attached hydrogens (tertiary/aromatic N) is 2. The van der Waals surface area contributed by atoms with Crippen molar-refractivity contribution in [3.8, 4) is 6.07 Å². The number of amides is 1. The lowest BCUT2D eigenvalue weighted by Gasteiger charge is -2.19. The van der Waals surface area contributed by atoms with E-state index in [0.717, 1.165) is 11.8 Å². The molecule has 7 heteroatoms. The van der Waals surface area contributed by atoms with E-state index < -0.39 is 0 Å². The van der Waals surface area contributed by atoms with Crippen molar-refractivity contribution in [2.75, 3.05) is 17.2 Å². The van der Waals surface area contributed by atoms with Crippen LogP contribution in [-0.4, -0.2) is 22.8 Å². The molecule has 5 nitrogen and oxygen atoms in total. The van der Waals surface area contributed by atoms with Gasteiger partial charge in [-0.25, -0.2) is 0 Å². The van der Waals surface area contributed by atoms with E-state index in [1.54, 1.807) is 12.1 Å². The number of hydrogen-bond donors (Lipinski definition) is 1. The summed E-state index contributed by atoms with van der Waals surface area (Å²) in [6, 6.07) is 5.10. The van der Waals surface area contributed by atoms with Crippen LogP contribution in [0, 0.1) is 11.3 Å². The minimum atomic E-state index is -0.110. The Kier molecular flexibility index (Phi) is 4.21. The van der Waals surface area contributed by atoms with Crippen molar-refractivity contribution in [2.24, 2.45) is 0 Å². The first-order chi connectivity index (χ1) is 9.43. The van der Waals surface area contributed by atoms with Gasteiger partial charge in [-0.3, -0.25) is 9.59 Å². The Hall–Kier alpha value is -1.71. The zero-order chi connectivity index (χ0) is 14.9. The van der Waals surface area contributed by atoms with Crippen LogP contribution >= 0.6 is 23.4 Å². The van der Waals surface area contributed by atoms with Crippen LogP contribution in [0.4, 0.5) is 11.4 Å². The molecule has 2 rings (SSSR count). The number of nitriles is 1. The first-order valence-electron chi connectivity index (χ1n) is 5.89.